The molecule has 3 aromatic rings. The maximum Gasteiger partial charge on any atom is 0.236 e. The molecule has 0 aromatic heterocycles. The minimum Gasteiger partial charge on any atom is -0.324 e. The van der Waals surface area contributed by atoms with E-state index in [1.165, 1.54) is 0 Å². The van der Waals surface area contributed by atoms with Gasteiger partial charge >= 0.3 is 0 Å². The summed E-state index contributed by atoms with van der Waals surface area (Å²) in [7, 11) is 0. The first-order valence-corrected chi connectivity index (χ1v) is 10.4. The predicted octanol–water partition coefficient (Wildman–Crippen LogP) is 5.63. The van der Waals surface area contributed by atoms with Gasteiger partial charge in [0.25, 0.3) is 0 Å². The van der Waals surface area contributed by atoms with E-state index in [0.29, 0.717) is 22.7 Å². The summed E-state index contributed by atoms with van der Waals surface area (Å²) in [6.07, 6.45) is 3.49. The van der Waals surface area contributed by atoms with Crippen LogP contribution < -0.4 is 5.32 Å². The first-order valence-electron chi connectivity index (χ1n) is 10.0. The third-order valence-electron chi connectivity index (χ3n) is 6.47. The van der Waals surface area contributed by atoms with E-state index in [-0.39, 0.29) is 11.8 Å². The zero-order valence-corrected chi connectivity index (χ0v) is 17.0. The first kappa shape index (κ1) is 18.8. The molecule has 0 fully saturated rings. The third kappa shape index (κ3) is 2.59. The molecule has 1 N–H and O–H groups in total. The summed E-state index contributed by atoms with van der Waals surface area (Å²) in [6.45, 7) is 0. The van der Waals surface area contributed by atoms with Crippen LogP contribution in [0.15, 0.2) is 90.5 Å². The number of halogens is 1. The summed E-state index contributed by atoms with van der Waals surface area (Å²) in [5.74, 6) is -0.650. The molecule has 1 heterocycles. The largest absolute Gasteiger partial charge is 0.324 e. The minimum atomic E-state index is -0.964. The second-order valence-electron chi connectivity index (χ2n) is 7.85. The van der Waals surface area contributed by atoms with Gasteiger partial charge in [0, 0.05) is 11.8 Å². The molecule has 0 unspecified atom stereocenters. The quantitative estimate of drug-likeness (QED) is 0.566. The number of amides is 1. The number of carbonyl (C=O) groups is 2. The maximum absolute atomic E-state index is 13.9. The molecule has 1 aliphatic heterocycles. The van der Waals surface area contributed by atoms with Crippen LogP contribution in [-0.2, 0) is 15.0 Å². The summed E-state index contributed by atoms with van der Waals surface area (Å²) in [5, 5.41) is 3.57. The van der Waals surface area contributed by atoms with Gasteiger partial charge in [-0.25, -0.2) is 0 Å². The molecular weight excluding hydrogens is 394 g/mol. The van der Waals surface area contributed by atoms with Crippen LogP contribution in [0.3, 0.4) is 0 Å². The van der Waals surface area contributed by atoms with Gasteiger partial charge in [0.1, 0.15) is 6.29 Å². The van der Waals surface area contributed by atoms with Crippen molar-refractivity contribution in [3.05, 3.63) is 112 Å². The monoisotopic (exact) mass is 413 g/mol. The van der Waals surface area contributed by atoms with Crippen LogP contribution in [0.5, 0.6) is 0 Å². The standard InChI is InChI=1S/C26H20ClNO2/c27-22-13-7-12-21-24(22)28-25(30)26(21)20(17-8-3-1-4-9-17)15-14-19(16-29)23(26)18-10-5-2-6-11-18/h1-14,16,20,23H,15H2,(H,28,30)/t20-,23+,26-/m0/s1. The average Bonchev–Trinajstić information content (AvgIpc) is 3.08. The van der Waals surface area contributed by atoms with E-state index in [1.54, 1.807) is 6.07 Å². The molecule has 148 valence electrons. The highest BCUT2D eigenvalue weighted by Gasteiger charge is 2.60. The zero-order chi connectivity index (χ0) is 20.7. The van der Waals surface area contributed by atoms with Gasteiger partial charge in [0.2, 0.25) is 5.91 Å². The Hall–Kier alpha value is -3.17. The fourth-order valence-corrected chi connectivity index (χ4v) is 5.51. The van der Waals surface area contributed by atoms with Crippen molar-refractivity contribution in [1.82, 2.24) is 0 Å². The number of hydrogen-bond acceptors (Lipinski definition) is 2. The molecule has 4 heteroatoms. The zero-order valence-electron chi connectivity index (χ0n) is 16.2. The number of allylic oxidation sites excluding steroid dienone is 2. The van der Waals surface area contributed by atoms with Gasteiger partial charge < -0.3 is 5.32 Å². The summed E-state index contributed by atoms with van der Waals surface area (Å²) >= 11 is 6.50. The highest BCUT2D eigenvalue weighted by Crippen LogP contribution is 2.61. The highest BCUT2D eigenvalue weighted by atomic mass is 35.5. The first-order chi connectivity index (χ1) is 14.7. The van der Waals surface area contributed by atoms with E-state index in [9.17, 15) is 9.59 Å². The molecule has 5 rings (SSSR count). The molecule has 3 nitrogen and oxygen atoms in total. The van der Waals surface area contributed by atoms with Crippen molar-refractivity contribution in [2.45, 2.75) is 23.7 Å². The van der Waals surface area contributed by atoms with Crippen LogP contribution >= 0.6 is 11.6 Å². The lowest BCUT2D eigenvalue weighted by atomic mass is 9.54. The molecule has 1 spiro atoms. The SMILES string of the molecule is O=CC1=CC[C@@H](c2ccccc2)[C@@]2(C(=O)Nc3c(Cl)cccc32)[C@@H]1c1ccccc1. The topological polar surface area (TPSA) is 46.2 Å². The molecule has 0 saturated carbocycles. The van der Waals surface area contributed by atoms with Crippen LogP contribution in [0.1, 0.15) is 34.9 Å². The Labute approximate surface area is 180 Å². The number of hydrogen-bond donors (Lipinski definition) is 1. The van der Waals surface area contributed by atoms with Crippen molar-refractivity contribution in [1.29, 1.82) is 0 Å². The molecule has 2 aliphatic rings. The smallest absolute Gasteiger partial charge is 0.236 e. The number of fused-ring (bicyclic) bond motifs is 2. The summed E-state index contributed by atoms with van der Waals surface area (Å²) in [6, 6.07) is 25.5. The van der Waals surface area contributed by atoms with Gasteiger partial charge in [-0.15, -0.1) is 0 Å². The Morgan fingerprint density at radius 3 is 2.23 bits per heavy atom. The molecule has 3 atom stereocenters. The van der Waals surface area contributed by atoms with Crippen molar-refractivity contribution in [3.63, 3.8) is 0 Å². The lowest BCUT2D eigenvalue weighted by molar-refractivity contribution is -0.122. The second-order valence-corrected chi connectivity index (χ2v) is 8.26. The van der Waals surface area contributed by atoms with Crippen LogP contribution in [0.2, 0.25) is 5.02 Å². The highest BCUT2D eigenvalue weighted by molar-refractivity contribution is 6.35. The Bertz CT molecular complexity index is 1160. The number of anilines is 1. The molecule has 0 bridgehead atoms. The van der Waals surface area contributed by atoms with Crippen LogP contribution in [0.25, 0.3) is 0 Å². The molecule has 1 aliphatic carbocycles. The number of benzene rings is 3. The predicted molar refractivity (Wildman–Crippen MR) is 119 cm³/mol. The lowest BCUT2D eigenvalue weighted by Crippen LogP contribution is -2.48. The van der Waals surface area contributed by atoms with E-state index >= 15 is 0 Å². The summed E-state index contributed by atoms with van der Waals surface area (Å²) in [5.41, 5.74) is 3.19. The fourth-order valence-electron chi connectivity index (χ4n) is 5.29. The van der Waals surface area contributed by atoms with E-state index in [4.69, 9.17) is 11.6 Å². The van der Waals surface area contributed by atoms with E-state index in [0.717, 1.165) is 23.0 Å². The number of para-hydroxylation sites is 1. The maximum atomic E-state index is 13.9. The molecule has 3 aromatic carbocycles. The number of carbonyl (C=O) groups excluding carboxylic acids is 2. The number of rotatable bonds is 3. The fraction of sp³-hybridized carbons (Fsp3) is 0.154. The van der Waals surface area contributed by atoms with Gasteiger partial charge in [0.05, 0.1) is 16.1 Å². The van der Waals surface area contributed by atoms with Crippen molar-refractivity contribution in [2.75, 3.05) is 5.32 Å². The third-order valence-corrected chi connectivity index (χ3v) is 6.79. The normalized spacial score (nSPS) is 24.8. The van der Waals surface area contributed by atoms with Gasteiger partial charge in [-0.3, -0.25) is 9.59 Å². The van der Waals surface area contributed by atoms with Gasteiger partial charge in [0.15, 0.2) is 0 Å². The molecule has 30 heavy (non-hydrogen) atoms. The van der Waals surface area contributed by atoms with Crippen molar-refractivity contribution >= 4 is 29.5 Å². The van der Waals surface area contributed by atoms with Crippen LogP contribution in [0.4, 0.5) is 5.69 Å². The minimum absolute atomic E-state index is 0.110. The molecule has 0 radical (unpaired) electrons. The summed E-state index contributed by atoms with van der Waals surface area (Å²) < 4.78 is 0. The van der Waals surface area contributed by atoms with Crippen LogP contribution in [0, 0.1) is 0 Å². The Morgan fingerprint density at radius 1 is 0.900 bits per heavy atom. The average molecular weight is 414 g/mol. The van der Waals surface area contributed by atoms with Crippen molar-refractivity contribution in [3.8, 4) is 0 Å². The van der Waals surface area contributed by atoms with Gasteiger partial charge in [-0.1, -0.05) is 90.5 Å². The van der Waals surface area contributed by atoms with Crippen LogP contribution in [-0.4, -0.2) is 12.2 Å². The molecule has 1 amide bonds. The number of nitrogens with one attached hydrogen (secondary N) is 1. The lowest BCUT2D eigenvalue weighted by Gasteiger charge is -2.45. The van der Waals surface area contributed by atoms with E-state index in [1.807, 2.05) is 66.7 Å². The van der Waals surface area contributed by atoms with Crippen molar-refractivity contribution in [2.24, 2.45) is 0 Å². The van der Waals surface area contributed by atoms with Gasteiger partial charge in [-0.2, -0.15) is 0 Å². The second kappa shape index (κ2) is 7.26. The van der Waals surface area contributed by atoms with E-state index in [2.05, 4.69) is 17.4 Å². The Kier molecular flexibility index (Phi) is 4.56. The Morgan fingerprint density at radius 2 is 1.57 bits per heavy atom. The number of aldehydes is 1. The molecule has 0 saturated heterocycles. The van der Waals surface area contributed by atoms with E-state index < -0.39 is 11.3 Å². The summed E-state index contributed by atoms with van der Waals surface area (Å²) in [4.78, 5) is 26.1. The van der Waals surface area contributed by atoms with Crippen molar-refractivity contribution < 1.29 is 9.59 Å². The van der Waals surface area contributed by atoms with Gasteiger partial charge in [-0.05, 0) is 34.8 Å². The molecular formula is C26H20ClNO2. The Balaban J connectivity index is 1.86.